The number of aliphatic imine (C=N–C) groups is 1. The lowest BCUT2D eigenvalue weighted by Crippen LogP contribution is -2.21. The number of halogens is 1. The predicted octanol–water partition coefficient (Wildman–Crippen LogP) is 4.64. The van der Waals surface area contributed by atoms with Gasteiger partial charge < -0.3 is 9.64 Å². The molecule has 1 aliphatic rings. The maximum absolute atomic E-state index is 12.1. The highest BCUT2D eigenvalue weighted by molar-refractivity contribution is 9.10. The van der Waals surface area contributed by atoms with Crippen molar-refractivity contribution in [3.8, 4) is 0 Å². The average molecular weight is 399 g/mol. The number of esters is 1. The van der Waals surface area contributed by atoms with Crippen LogP contribution in [0.15, 0.2) is 63.7 Å². The van der Waals surface area contributed by atoms with Crippen LogP contribution < -0.4 is 4.90 Å². The molecule has 0 atom stereocenters. The molecule has 0 spiro atoms. The van der Waals surface area contributed by atoms with Gasteiger partial charge in [0.05, 0.1) is 0 Å². The summed E-state index contributed by atoms with van der Waals surface area (Å²) in [6.07, 6.45) is 1.75. The molecule has 0 bridgehead atoms. The first-order chi connectivity index (χ1) is 12.1. The largest absolute Gasteiger partial charge is 0.402 e. The monoisotopic (exact) mass is 398 g/mol. The number of hydrogen-bond acceptors (Lipinski definition) is 4. The molecule has 0 saturated carbocycles. The maximum atomic E-state index is 12.1. The highest BCUT2D eigenvalue weighted by Crippen LogP contribution is 2.22. The molecule has 0 saturated heterocycles. The lowest BCUT2D eigenvalue weighted by Gasteiger charge is -2.20. The normalized spacial score (nSPS) is 15.2. The fourth-order valence-corrected chi connectivity index (χ4v) is 2.92. The Hall–Kier alpha value is -2.40. The Labute approximate surface area is 156 Å². The fourth-order valence-electron chi connectivity index (χ4n) is 2.65. The number of benzene rings is 2. The highest BCUT2D eigenvalue weighted by atomic mass is 79.9. The average Bonchev–Trinajstić information content (AvgIpc) is 2.99. The summed E-state index contributed by atoms with van der Waals surface area (Å²) in [4.78, 5) is 18.7. The van der Waals surface area contributed by atoms with E-state index in [-0.39, 0.29) is 0 Å². The van der Waals surface area contributed by atoms with E-state index in [1.165, 1.54) is 5.69 Å². The standard InChI is InChI=1S/C20H19BrN2O2/c1-3-23(4-2)17-11-5-14(6-12-17)13-18-20(24)25-19(22-18)15-7-9-16(21)10-8-15/h5-13H,3-4H2,1-2H3. The molecule has 0 unspecified atom stereocenters. The number of rotatable bonds is 5. The summed E-state index contributed by atoms with van der Waals surface area (Å²) < 4.78 is 6.25. The Bertz CT molecular complexity index is 820. The molecular formula is C20H19BrN2O2. The molecule has 0 amide bonds. The van der Waals surface area contributed by atoms with Crippen molar-refractivity contribution in [3.63, 3.8) is 0 Å². The van der Waals surface area contributed by atoms with E-state index in [4.69, 9.17) is 4.74 Å². The summed E-state index contributed by atoms with van der Waals surface area (Å²) in [7, 11) is 0. The third-order valence-electron chi connectivity index (χ3n) is 4.04. The zero-order valence-corrected chi connectivity index (χ0v) is 15.8. The van der Waals surface area contributed by atoms with Crippen molar-refractivity contribution in [2.75, 3.05) is 18.0 Å². The number of hydrogen-bond donors (Lipinski definition) is 0. The van der Waals surface area contributed by atoms with Crippen LogP contribution in [0, 0.1) is 0 Å². The van der Waals surface area contributed by atoms with Crippen LogP contribution in [0.25, 0.3) is 6.08 Å². The molecule has 0 radical (unpaired) electrons. The van der Waals surface area contributed by atoms with E-state index in [2.05, 4.69) is 51.8 Å². The van der Waals surface area contributed by atoms with Crippen LogP contribution in [-0.4, -0.2) is 25.0 Å². The van der Waals surface area contributed by atoms with E-state index < -0.39 is 5.97 Å². The van der Waals surface area contributed by atoms with Gasteiger partial charge in [0, 0.05) is 28.8 Å². The molecular weight excluding hydrogens is 380 g/mol. The second-order valence-electron chi connectivity index (χ2n) is 5.61. The van der Waals surface area contributed by atoms with Gasteiger partial charge in [-0.15, -0.1) is 0 Å². The summed E-state index contributed by atoms with van der Waals surface area (Å²) in [5.74, 6) is -0.0887. The van der Waals surface area contributed by atoms with Crippen molar-refractivity contribution >= 4 is 39.6 Å². The Morgan fingerprint density at radius 3 is 2.28 bits per heavy atom. The Morgan fingerprint density at radius 2 is 1.68 bits per heavy atom. The lowest BCUT2D eigenvalue weighted by atomic mass is 10.1. The van der Waals surface area contributed by atoms with Crippen LogP contribution in [0.1, 0.15) is 25.0 Å². The minimum absolute atomic E-state index is 0.313. The maximum Gasteiger partial charge on any atom is 0.363 e. The van der Waals surface area contributed by atoms with E-state index in [0.29, 0.717) is 11.6 Å². The van der Waals surface area contributed by atoms with E-state index in [9.17, 15) is 4.79 Å². The van der Waals surface area contributed by atoms with Crippen molar-refractivity contribution in [2.24, 2.45) is 4.99 Å². The van der Waals surface area contributed by atoms with E-state index >= 15 is 0 Å². The summed E-state index contributed by atoms with van der Waals surface area (Å²) in [5.41, 5.74) is 3.18. The van der Waals surface area contributed by atoms with Gasteiger partial charge in [-0.05, 0) is 61.9 Å². The van der Waals surface area contributed by atoms with Gasteiger partial charge >= 0.3 is 5.97 Å². The third kappa shape index (κ3) is 3.99. The lowest BCUT2D eigenvalue weighted by molar-refractivity contribution is -0.129. The number of carbonyl (C=O) groups is 1. The van der Waals surface area contributed by atoms with Crippen LogP contribution in [-0.2, 0) is 9.53 Å². The fraction of sp³-hybridized carbons (Fsp3) is 0.200. The molecule has 0 aromatic heterocycles. The van der Waals surface area contributed by atoms with Crippen molar-refractivity contribution in [3.05, 3.63) is 69.8 Å². The number of carbonyl (C=O) groups excluding carboxylic acids is 1. The molecule has 2 aromatic rings. The van der Waals surface area contributed by atoms with Gasteiger partial charge in [0.25, 0.3) is 0 Å². The molecule has 0 fully saturated rings. The van der Waals surface area contributed by atoms with Gasteiger partial charge in [0.15, 0.2) is 5.70 Å². The quantitative estimate of drug-likeness (QED) is 0.544. The molecule has 5 heteroatoms. The number of anilines is 1. The Morgan fingerprint density at radius 1 is 1.04 bits per heavy atom. The smallest absolute Gasteiger partial charge is 0.363 e. The zero-order chi connectivity index (χ0) is 17.8. The van der Waals surface area contributed by atoms with Crippen molar-refractivity contribution in [1.29, 1.82) is 0 Å². The van der Waals surface area contributed by atoms with E-state index in [0.717, 1.165) is 28.7 Å². The highest BCUT2D eigenvalue weighted by Gasteiger charge is 2.24. The van der Waals surface area contributed by atoms with Gasteiger partial charge in [-0.3, -0.25) is 0 Å². The number of ether oxygens (including phenoxy) is 1. The predicted molar refractivity (Wildman–Crippen MR) is 105 cm³/mol. The Balaban J connectivity index is 1.83. The van der Waals surface area contributed by atoms with Crippen LogP contribution in [0.3, 0.4) is 0 Å². The topological polar surface area (TPSA) is 41.9 Å². The van der Waals surface area contributed by atoms with E-state index in [1.807, 2.05) is 36.4 Å². The van der Waals surface area contributed by atoms with Gasteiger partial charge in [0.1, 0.15) is 0 Å². The second-order valence-corrected chi connectivity index (χ2v) is 6.52. The molecule has 3 rings (SSSR count). The van der Waals surface area contributed by atoms with Crippen LogP contribution in [0.4, 0.5) is 5.69 Å². The molecule has 1 aliphatic heterocycles. The van der Waals surface area contributed by atoms with E-state index in [1.54, 1.807) is 6.08 Å². The third-order valence-corrected chi connectivity index (χ3v) is 4.57. The zero-order valence-electron chi connectivity index (χ0n) is 14.2. The minimum atomic E-state index is -0.425. The van der Waals surface area contributed by atoms with Gasteiger partial charge in [-0.2, -0.15) is 0 Å². The first-order valence-corrected chi connectivity index (χ1v) is 9.03. The van der Waals surface area contributed by atoms with Gasteiger partial charge in [0.2, 0.25) is 5.90 Å². The molecule has 4 nitrogen and oxygen atoms in total. The van der Waals surface area contributed by atoms with Crippen molar-refractivity contribution in [1.82, 2.24) is 0 Å². The minimum Gasteiger partial charge on any atom is -0.402 e. The van der Waals surface area contributed by atoms with Crippen molar-refractivity contribution < 1.29 is 9.53 Å². The molecule has 0 N–H and O–H groups in total. The van der Waals surface area contributed by atoms with Crippen molar-refractivity contribution in [2.45, 2.75) is 13.8 Å². The van der Waals surface area contributed by atoms with Crippen LogP contribution in [0.2, 0.25) is 0 Å². The van der Waals surface area contributed by atoms with Crippen LogP contribution in [0.5, 0.6) is 0 Å². The number of nitrogens with zero attached hydrogens (tertiary/aromatic N) is 2. The SMILES string of the molecule is CCN(CC)c1ccc(C=C2N=C(c3ccc(Br)cc3)OC2=O)cc1. The summed E-state index contributed by atoms with van der Waals surface area (Å²) >= 11 is 3.39. The first-order valence-electron chi connectivity index (χ1n) is 8.24. The molecule has 0 aliphatic carbocycles. The summed E-state index contributed by atoms with van der Waals surface area (Å²) in [5, 5.41) is 0. The number of cyclic esters (lactones) is 1. The molecule has 1 heterocycles. The van der Waals surface area contributed by atoms with Gasteiger partial charge in [-0.25, -0.2) is 9.79 Å². The summed E-state index contributed by atoms with van der Waals surface area (Å²) in [6, 6.07) is 15.6. The van der Waals surface area contributed by atoms with Crippen LogP contribution >= 0.6 is 15.9 Å². The first kappa shape index (κ1) is 17.4. The van der Waals surface area contributed by atoms with Gasteiger partial charge in [-0.1, -0.05) is 28.1 Å². The molecule has 2 aromatic carbocycles. The molecule has 25 heavy (non-hydrogen) atoms. The summed E-state index contributed by atoms with van der Waals surface area (Å²) in [6.45, 7) is 6.19. The Kier molecular flexibility index (Phi) is 5.34. The molecule has 128 valence electrons. The second kappa shape index (κ2) is 7.66.